The third-order valence-electron chi connectivity index (χ3n) is 4.58. The van der Waals surface area contributed by atoms with Crippen LogP contribution in [0.2, 0.25) is 0 Å². The minimum Gasteiger partial charge on any atom is -0.324 e. The summed E-state index contributed by atoms with van der Waals surface area (Å²) in [5, 5.41) is 0. The van der Waals surface area contributed by atoms with Crippen LogP contribution in [0.4, 0.5) is 0 Å². The van der Waals surface area contributed by atoms with Crippen molar-refractivity contribution in [3.8, 4) is 0 Å². The molecule has 1 aliphatic carbocycles. The molecule has 0 saturated carbocycles. The van der Waals surface area contributed by atoms with E-state index in [0.717, 1.165) is 5.92 Å². The van der Waals surface area contributed by atoms with Crippen molar-refractivity contribution in [1.82, 2.24) is 0 Å². The molecule has 3 unspecified atom stereocenters. The van der Waals surface area contributed by atoms with Crippen LogP contribution in [-0.2, 0) is 6.42 Å². The number of benzene rings is 1. The second kappa shape index (κ2) is 6.38. The summed E-state index contributed by atoms with van der Waals surface area (Å²) in [7, 11) is 0. The molecular formula is C17H27N. The lowest BCUT2D eigenvalue weighted by Crippen LogP contribution is -2.19. The van der Waals surface area contributed by atoms with Crippen molar-refractivity contribution in [2.75, 3.05) is 0 Å². The van der Waals surface area contributed by atoms with Gasteiger partial charge in [-0.25, -0.2) is 0 Å². The summed E-state index contributed by atoms with van der Waals surface area (Å²) in [6, 6.07) is 9.00. The Morgan fingerprint density at radius 2 is 2.06 bits per heavy atom. The Balaban J connectivity index is 1.96. The van der Waals surface area contributed by atoms with Gasteiger partial charge in [0.1, 0.15) is 0 Å². The lowest BCUT2D eigenvalue weighted by molar-refractivity contribution is 0.315. The van der Waals surface area contributed by atoms with Gasteiger partial charge in [-0.05, 0) is 35.8 Å². The van der Waals surface area contributed by atoms with Crippen molar-refractivity contribution in [1.29, 1.82) is 0 Å². The standard InChI is InChI=1S/C17H27N/c1-3-5-8-13(4-2)11-15-12-14-9-6-7-10-16(14)17(15)18/h6-7,9-10,13,15,17H,3-5,8,11-12,18H2,1-2H3. The fourth-order valence-corrected chi connectivity index (χ4v) is 3.35. The molecule has 0 amide bonds. The minimum atomic E-state index is 0.275. The highest BCUT2D eigenvalue weighted by Crippen LogP contribution is 2.39. The molecule has 3 atom stereocenters. The van der Waals surface area contributed by atoms with E-state index >= 15 is 0 Å². The Bertz CT molecular complexity index is 372. The van der Waals surface area contributed by atoms with Crippen LogP contribution < -0.4 is 5.73 Å². The molecule has 1 heteroatoms. The number of unbranched alkanes of at least 4 members (excludes halogenated alkanes) is 1. The quantitative estimate of drug-likeness (QED) is 0.786. The van der Waals surface area contributed by atoms with E-state index in [1.165, 1.54) is 49.7 Å². The molecule has 18 heavy (non-hydrogen) atoms. The molecule has 0 heterocycles. The van der Waals surface area contributed by atoms with Gasteiger partial charge in [0.25, 0.3) is 0 Å². The number of rotatable bonds is 6. The van der Waals surface area contributed by atoms with E-state index in [-0.39, 0.29) is 6.04 Å². The van der Waals surface area contributed by atoms with Gasteiger partial charge in [0.05, 0.1) is 0 Å². The van der Waals surface area contributed by atoms with Crippen molar-refractivity contribution in [3.63, 3.8) is 0 Å². The van der Waals surface area contributed by atoms with Gasteiger partial charge < -0.3 is 5.73 Å². The summed E-state index contributed by atoms with van der Waals surface area (Å²) in [5.74, 6) is 1.54. The van der Waals surface area contributed by atoms with E-state index in [2.05, 4.69) is 38.1 Å². The molecule has 0 radical (unpaired) electrons. The maximum absolute atomic E-state index is 6.42. The van der Waals surface area contributed by atoms with Gasteiger partial charge in [-0.2, -0.15) is 0 Å². The molecule has 0 fully saturated rings. The van der Waals surface area contributed by atoms with E-state index in [1.54, 1.807) is 0 Å². The van der Waals surface area contributed by atoms with Crippen molar-refractivity contribution in [2.45, 2.75) is 58.4 Å². The average Bonchev–Trinajstić information content (AvgIpc) is 2.72. The first-order chi connectivity index (χ1) is 8.76. The highest BCUT2D eigenvalue weighted by Gasteiger charge is 2.30. The molecule has 2 N–H and O–H groups in total. The highest BCUT2D eigenvalue weighted by atomic mass is 14.7. The van der Waals surface area contributed by atoms with Crippen LogP contribution >= 0.6 is 0 Å². The third kappa shape index (κ3) is 2.95. The molecule has 0 aliphatic heterocycles. The van der Waals surface area contributed by atoms with Gasteiger partial charge in [0, 0.05) is 6.04 Å². The fraction of sp³-hybridized carbons (Fsp3) is 0.647. The zero-order valence-corrected chi connectivity index (χ0v) is 11.9. The van der Waals surface area contributed by atoms with Gasteiger partial charge in [-0.15, -0.1) is 0 Å². The lowest BCUT2D eigenvalue weighted by atomic mass is 9.85. The molecule has 1 aromatic carbocycles. The summed E-state index contributed by atoms with van der Waals surface area (Å²) >= 11 is 0. The Labute approximate surface area is 112 Å². The zero-order valence-electron chi connectivity index (χ0n) is 11.9. The zero-order chi connectivity index (χ0) is 13.0. The number of hydrogen-bond acceptors (Lipinski definition) is 1. The van der Waals surface area contributed by atoms with Gasteiger partial charge in [-0.1, -0.05) is 63.8 Å². The first-order valence-corrected chi connectivity index (χ1v) is 7.59. The first kappa shape index (κ1) is 13.6. The summed E-state index contributed by atoms with van der Waals surface area (Å²) in [4.78, 5) is 0. The summed E-state index contributed by atoms with van der Waals surface area (Å²) in [6.45, 7) is 4.61. The topological polar surface area (TPSA) is 26.0 Å². The third-order valence-corrected chi connectivity index (χ3v) is 4.58. The average molecular weight is 245 g/mol. The van der Waals surface area contributed by atoms with Crippen LogP contribution in [0.3, 0.4) is 0 Å². The summed E-state index contributed by atoms with van der Waals surface area (Å²) < 4.78 is 0. The molecule has 0 saturated heterocycles. The maximum atomic E-state index is 6.42. The summed E-state index contributed by atoms with van der Waals surface area (Å²) in [5.41, 5.74) is 9.30. The fourth-order valence-electron chi connectivity index (χ4n) is 3.35. The van der Waals surface area contributed by atoms with Crippen LogP contribution in [-0.4, -0.2) is 0 Å². The first-order valence-electron chi connectivity index (χ1n) is 7.59. The Morgan fingerprint density at radius 3 is 2.72 bits per heavy atom. The van der Waals surface area contributed by atoms with E-state index in [4.69, 9.17) is 5.73 Å². The van der Waals surface area contributed by atoms with Crippen molar-refractivity contribution < 1.29 is 0 Å². The van der Waals surface area contributed by atoms with Crippen molar-refractivity contribution >= 4 is 0 Å². The van der Waals surface area contributed by atoms with Crippen LogP contribution in [0.5, 0.6) is 0 Å². The highest BCUT2D eigenvalue weighted by molar-refractivity contribution is 5.35. The van der Waals surface area contributed by atoms with Gasteiger partial charge in [0.15, 0.2) is 0 Å². The van der Waals surface area contributed by atoms with Crippen LogP contribution in [0.15, 0.2) is 24.3 Å². The lowest BCUT2D eigenvalue weighted by Gasteiger charge is -2.22. The smallest absolute Gasteiger partial charge is 0.0329 e. The summed E-state index contributed by atoms with van der Waals surface area (Å²) in [6.07, 6.45) is 7.87. The van der Waals surface area contributed by atoms with Crippen molar-refractivity contribution in [2.24, 2.45) is 17.6 Å². The van der Waals surface area contributed by atoms with Gasteiger partial charge in [0.2, 0.25) is 0 Å². The minimum absolute atomic E-state index is 0.275. The number of hydrogen-bond donors (Lipinski definition) is 1. The predicted octanol–water partition coefficient (Wildman–Crippen LogP) is 4.47. The molecule has 1 nitrogen and oxygen atoms in total. The molecule has 1 aliphatic rings. The molecule has 2 rings (SSSR count). The van der Waals surface area contributed by atoms with E-state index in [9.17, 15) is 0 Å². The molecule has 0 bridgehead atoms. The molecule has 0 aromatic heterocycles. The Morgan fingerprint density at radius 1 is 1.28 bits per heavy atom. The van der Waals surface area contributed by atoms with Crippen LogP contribution in [0.1, 0.15) is 63.1 Å². The Hall–Kier alpha value is -0.820. The van der Waals surface area contributed by atoms with Crippen molar-refractivity contribution in [3.05, 3.63) is 35.4 Å². The molecular weight excluding hydrogens is 218 g/mol. The van der Waals surface area contributed by atoms with Crippen LogP contribution in [0, 0.1) is 11.8 Å². The SMILES string of the molecule is CCCCC(CC)CC1Cc2ccccc2C1N. The molecule has 0 spiro atoms. The number of fused-ring (bicyclic) bond motifs is 1. The van der Waals surface area contributed by atoms with E-state index < -0.39 is 0 Å². The second-order valence-corrected chi connectivity index (χ2v) is 5.84. The normalized spacial score (nSPS) is 23.9. The van der Waals surface area contributed by atoms with Gasteiger partial charge in [-0.3, -0.25) is 0 Å². The molecule has 1 aromatic rings. The molecule has 100 valence electrons. The largest absolute Gasteiger partial charge is 0.324 e. The monoisotopic (exact) mass is 245 g/mol. The van der Waals surface area contributed by atoms with E-state index in [0.29, 0.717) is 5.92 Å². The number of nitrogens with two attached hydrogens (primary N) is 1. The second-order valence-electron chi connectivity index (χ2n) is 5.84. The van der Waals surface area contributed by atoms with Gasteiger partial charge >= 0.3 is 0 Å². The van der Waals surface area contributed by atoms with Crippen LogP contribution in [0.25, 0.3) is 0 Å². The maximum Gasteiger partial charge on any atom is 0.0329 e. The Kier molecular flexibility index (Phi) is 4.82. The van der Waals surface area contributed by atoms with E-state index in [1.807, 2.05) is 0 Å². The predicted molar refractivity (Wildman–Crippen MR) is 78.5 cm³/mol.